The highest BCUT2D eigenvalue weighted by Crippen LogP contribution is 2.27. The first-order valence-corrected chi connectivity index (χ1v) is 7.89. The average Bonchev–Trinajstić information content (AvgIpc) is 2.43. The van der Waals surface area contributed by atoms with Gasteiger partial charge < -0.3 is 10.1 Å². The standard InChI is InChI=1S/C15H22Cl2N2O.ClH/c1-18-11-12-4-6-19(7-5-12)8-9-20-15-3-2-13(16)10-14(15)17;/h2-3,10,12,18H,4-9,11H2,1H3;1H. The van der Waals surface area contributed by atoms with Crippen LogP contribution in [-0.4, -0.2) is 44.7 Å². The van der Waals surface area contributed by atoms with Crippen molar-refractivity contribution in [2.24, 2.45) is 5.92 Å². The largest absolute Gasteiger partial charge is 0.491 e. The van der Waals surface area contributed by atoms with Gasteiger partial charge in [0.25, 0.3) is 0 Å². The summed E-state index contributed by atoms with van der Waals surface area (Å²) in [5, 5.41) is 4.47. The number of piperidine rings is 1. The van der Waals surface area contributed by atoms with Crippen LogP contribution in [0.5, 0.6) is 5.75 Å². The van der Waals surface area contributed by atoms with Crippen LogP contribution in [0.2, 0.25) is 10.0 Å². The van der Waals surface area contributed by atoms with Crippen molar-refractivity contribution in [1.82, 2.24) is 10.2 Å². The van der Waals surface area contributed by atoms with Crippen molar-refractivity contribution in [3.05, 3.63) is 28.2 Å². The SMILES string of the molecule is CNCC1CCN(CCOc2ccc(Cl)cc2Cl)CC1.Cl. The number of hydrogen-bond donors (Lipinski definition) is 1. The van der Waals surface area contributed by atoms with Gasteiger partial charge in [-0.15, -0.1) is 12.4 Å². The summed E-state index contributed by atoms with van der Waals surface area (Å²) in [6, 6.07) is 5.33. The van der Waals surface area contributed by atoms with Crippen LogP contribution in [0.3, 0.4) is 0 Å². The van der Waals surface area contributed by atoms with Gasteiger partial charge in [0.05, 0.1) is 5.02 Å². The molecule has 2 rings (SSSR count). The summed E-state index contributed by atoms with van der Waals surface area (Å²) < 4.78 is 5.72. The number of rotatable bonds is 6. The topological polar surface area (TPSA) is 24.5 Å². The minimum atomic E-state index is 0. The Balaban J connectivity index is 0.00000220. The summed E-state index contributed by atoms with van der Waals surface area (Å²) in [5.74, 6) is 1.53. The van der Waals surface area contributed by atoms with Crippen molar-refractivity contribution in [2.75, 3.05) is 39.8 Å². The van der Waals surface area contributed by atoms with E-state index in [-0.39, 0.29) is 12.4 Å². The van der Waals surface area contributed by atoms with Gasteiger partial charge in [-0.25, -0.2) is 0 Å². The fraction of sp³-hybridized carbons (Fsp3) is 0.600. The number of benzene rings is 1. The van der Waals surface area contributed by atoms with Gasteiger partial charge in [-0.05, 0) is 63.6 Å². The van der Waals surface area contributed by atoms with Crippen LogP contribution in [0.4, 0.5) is 0 Å². The molecule has 0 unspecified atom stereocenters. The molecule has 21 heavy (non-hydrogen) atoms. The fourth-order valence-corrected chi connectivity index (χ4v) is 3.04. The van der Waals surface area contributed by atoms with E-state index in [1.165, 1.54) is 12.8 Å². The number of nitrogens with one attached hydrogen (secondary N) is 1. The van der Waals surface area contributed by atoms with Crippen LogP contribution in [0.25, 0.3) is 0 Å². The molecule has 6 heteroatoms. The molecule has 3 nitrogen and oxygen atoms in total. The highest BCUT2D eigenvalue weighted by Gasteiger charge is 2.18. The van der Waals surface area contributed by atoms with E-state index >= 15 is 0 Å². The smallest absolute Gasteiger partial charge is 0.138 e. The van der Waals surface area contributed by atoms with E-state index in [4.69, 9.17) is 27.9 Å². The van der Waals surface area contributed by atoms with E-state index < -0.39 is 0 Å². The highest BCUT2D eigenvalue weighted by molar-refractivity contribution is 6.35. The second kappa shape index (κ2) is 9.75. The van der Waals surface area contributed by atoms with Crippen LogP contribution >= 0.6 is 35.6 Å². The van der Waals surface area contributed by atoms with Crippen molar-refractivity contribution in [2.45, 2.75) is 12.8 Å². The van der Waals surface area contributed by atoms with E-state index in [9.17, 15) is 0 Å². The van der Waals surface area contributed by atoms with Gasteiger partial charge in [-0.2, -0.15) is 0 Å². The second-order valence-electron chi connectivity index (χ2n) is 5.27. The first kappa shape index (κ1) is 18.9. The van der Waals surface area contributed by atoms with Gasteiger partial charge >= 0.3 is 0 Å². The molecule has 1 aliphatic rings. The Bertz CT molecular complexity index is 423. The number of halogens is 3. The molecule has 120 valence electrons. The second-order valence-corrected chi connectivity index (χ2v) is 6.11. The summed E-state index contributed by atoms with van der Waals surface area (Å²) in [6.07, 6.45) is 2.53. The van der Waals surface area contributed by atoms with Crippen molar-refractivity contribution < 1.29 is 4.74 Å². The third-order valence-electron chi connectivity index (χ3n) is 3.76. The summed E-state index contributed by atoms with van der Waals surface area (Å²) in [6.45, 7) is 5.06. The van der Waals surface area contributed by atoms with Crippen molar-refractivity contribution in [3.63, 3.8) is 0 Å². The molecular weight excluding hydrogens is 331 g/mol. The Labute approximate surface area is 143 Å². The Morgan fingerprint density at radius 1 is 1.29 bits per heavy atom. The lowest BCUT2D eigenvalue weighted by atomic mass is 9.97. The molecule has 1 aromatic rings. The van der Waals surface area contributed by atoms with Crippen LogP contribution < -0.4 is 10.1 Å². The highest BCUT2D eigenvalue weighted by atomic mass is 35.5. The molecule has 1 fully saturated rings. The first-order chi connectivity index (χ1) is 9.69. The molecule has 1 aromatic carbocycles. The van der Waals surface area contributed by atoms with E-state index in [1.807, 2.05) is 13.1 Å². The Hall–Kier alpha value is -0.190. The zero-order valence-electron chi connectivity index (χ0n) is 12.3. The molecule has 1 aliphatic heterocycles. The fourth-order valence-electron chi connectivity index (χ4n) is 2.58. The lowest BCUT2D eigenvalue weighted by molar-refractivity contribution is 0.155. The molecule has 0 amide bonds. The average molecular weight is 354 g/mol. The minimum Gasteiger partial charge on any atom is -0.491 e. The van der Waals surface area contributed by atoms with E-state index in [0.29, 0.717) is 22.4 Å². The summed E-state index contributed by atoms with van der Waals surface area (Å²) in [7, 11) is 2.02. The van der Waals surface area contributed by atoms with Gasteiger partial charge in [-0.1, -0.05) is 23.2 Å². The quantitative estimate of drug-likeness (QED) is 0.843. The van der Waals surface area contributed by atoms with Crippen molar-refractivity contribution in [3.8, 4) is 5.75 Å². The maximum absolute atomic E-state index is 6.07. The molecule has 0 saturated carbocycles. The number of hydrogen-bond acceptors (Lipinski definition) is 3. The lowest BCUT2D eigenvalue weighted by Gasteiger charge is -2.31. The Morgan fingerprint density at radius 2 is 2.00 bits per heavy atom. The molecule has 1 saturated heterocycles. The van der Waals surface area contributed by atoms with E-state index in [0.717, 1.165) is 32.1 Å². The molecule has 0 aliphatic carbocycles. The predicted molar refractivity (Wildman–Crippen MR) is 92.3 cm³/mol. The molecule has 0 radical (unpaired) electrons. The maximum Gasteiger partial charge on any atom is 0.138 e. The molecule has 0 aromatic heterocycles. The molecule has 1 heterocycles. The number of nitrogens with zero attached hydrogens (tertiary/aromatic N) is 1. The third-order valence-corrected chi connectivity index (χ3v) is 4.29. The molecule has 1 N–H and O–H groups in total. The van der Waals surface area contributed by atoms with Crippen LogP contribution in [0.1, 0.15) is 12.8 Å². The monoisotopic (exact) mass is 352 g/mol. The van der Waals surface area contributed by atoms with Crippen LogP contribution in [0, 0.1) is 5.92 Å². The first-order valence-electron chi connectivity index (χ1n) is 7.14. The van der Waals surface area contributed by atoms with E-state index in [2.05, 4.69) is 10.2 Å². The zero-order chi connectivity index (χ0) is 14.4. The summed E-state index contributed by atoms with van der Waals surface area (Å²) in [5.41, 5.74) is 0. The molecule has 0 atom stereocenters. The lowest BCUT2D eigenvalue weighted by Crippen LogP contribution is -2.38. The number of ether oxygens (including phenoxy) is 1. The van der Waals surface area contributed by atoms with E-state index in [1.54, 1.807) is 12.1 Å². The Kier molecular flexibility index (Phi) is 8.76. The van der Waals surface area contributed by atoms with Crippen molar-refractivity contribution >= 4 is 35.6 Å². The van der Waals surface area contributed by atoms with Crippen molar-refractivity contribution in [1.29, 1.82) is 0 Å². The summed E-state index contributed by atoms with van der Waals surface area (Å²) >= 11 is 11.9. The zero-order valence-corrected chi connectivity index (χ0v) is 14.6. The van der Waals surface area contributed by atoms with Crippen LogP contribution in [-0.2, 0) is 0 Å². The van der Waals surface area contributed by atoms with Gasteiger partial charge in [-0.3, -0.25) is 4.90 Å². The minimum absolute atomic E-state index is 0. The van der Waals surface area contributed by atoms with Crippen LogP contribution in [0.15, 0.2) is 18.2 Å². The number of likely N-dealkylation sites (tertiary alicyclic amines) is 1. The van der Waals surface area contributed by atoms with Gasteiger partial charge in [0.1, 0.15) is 12.4 Å². The molecule has 0 bridgehead atoms. The maximum atomic E-state index is 6.07. The normalized spacial score (nSPS) is 16.5. The molecule has 0 spiro atoms. The molecular formula is C15H23Cl3N2O. The van der Waals surface area contributed by atoms with Gasteiger partial charge in [0.15, 0.2) is 0 Å². The third kappa shape index (κ3) is 6.21. The predicted octanol–water partition coefficient (Wildman–Crippen LogP) is 3.73. The van der Waals surface area contributed by atoms with Gasteiger partial charge in [0.2, 0.25) is 0 Å². The van der Waals surface area contributed by atoms with Gasteiger partial charge in [0, 0.05) is 11.6 Å². The summed E-state index contributed by atoms with van der Waals surface area (Å²) in [4.78, 5) is 2.45. The Morgan fingerprint density at radius 3 is 2.62 bits per heavy atom.